The van der Waals surface area contributed by atoms with Gasteiger partial charge >= 0.3 is 0 Å². The summed E-state index contributed by atoms with van der Waals surface area (Å²) in [5, 5.41) is 0. The van der Waals surface area contributed by atoms with Gasteiger partial charge < -0.3 is 0 Å². The van der Waals surface area contributed by atoms with Gasteiger partial charge in [-0.3, -0.25) is 0 Å². The molecule has 0 nitrogen and oxygen atoms in total. The van der Waals surface area contributed by atoms with Crippen LogP contribution in [0.5, 0.6) is 0 Å². The molecular formula is C27H48. The maximum atomic E-state index is 2.77. The Balaban J connectivity index is 1.57. The number of hydrogen-bond donors (Lipinski definition) is 0. The largest absolute Gasteiger partial charge is 0.0628 e. The summed E-state index contributed by atoms with van der Waals surface area (Å²) in [5.74, 6) is 3.91. The summed E-state index contributed by atoms with van der Waals surface area (Å²) in [7, 11) is 0. The first-order valence-electron chi connectivity index (χ1n) is 12.7. The molecule has 27 heavy (non-hydrogen) atoms. The van der Waals surface area contributed by atoms with Crippen LogP contribution in [0, 0.1) is 45.3 Å². The van der Waals surface area contributed by atoms with E-state index in [9.17, 15) is 0 Å². The summed E-state index contributed by atoms with van der Waals surface area (Å²) in [6.45, 7) is 15.7. The van der Waals surface area contributed by atoms with Crippen molar-refractivity contribution in [3.63, 3.8) is 0 Å². The zero-order valence-electron chi connectivity index (χ0n) is 19.5. The smallest absolute Gasteiger partial charge is 0.0238 e. The van der Waals surface area contributed by atoms with Gasteiger partial charge in [0.25, 0.3) is 0 Å². The van der Waals surface area contributed by atoms with E-state index in [4.69, 9.17) is 0 Å². The lowest BCUT2D eigenvalue weighted by Gasteiger charge is -2.69. The van der Waals surface area contributed by atoms with Crippen LogP contribution in [-0.4, -0.2) is 0 Å². The van der Waals surface area contributed by atoms with Gasteiger partial charge in [0, 0.05) is 0 Å². The summed E-state index contributed by atoms with van der Waals surface area (Å²) >= 11 is 0. The van der Waals surface area contributed by atoms with E-state index in [1.807, 2.05) is 0 Å². The van der Waals surface area contributed by atoms with E-state index in [0.717, 1.165) is 23.7 Å². The standard InChI is InChI=1S/C27H48/c1-20(2)10-9-11-21-12-13-22-25(21,4)17-14-23-26(22,5)19-18-24(3)15-7-8-16-27(23,24)6/h20-23H,7-19H2,1-6H3/t21?,22?,23?,24?,25-,26+,27-/m1/s1. The molecule has 0 N–H and O–H groups in total. The fourth-order valence-corrected chi connectivity index (χ4v) is 9.59. The van der Waals surface area contributed by atoms with Crippen LogP contribution in [0.4, 0.5) is 0 Å². The quantitative estimate of drug-likeness (QED) is 0.463. The second kappa shape index (κ2) is 6.77. The summed E-state index contributed by atoms with van der Waals surface area (Å²) < 4.78 is 0. The van der Waals surface area contributed by atoms with Crippen molar-refractivity contribution < 1.29 is 0 Å². The molecule has 0 aromatic carbocycles. The average Bonchev–Trinajstić information content (AvgIpc) is 2.93. The Morgan fingerprint density at radius 1 is 0.741 bits per heavy atom. The molecule has 0 amide bonds. The lowest BCUT2D eigenvalue weighted by Crippen LogP contribution is -2.61. The van der Waals surface area contributed by atoms with Gasteiger partial charge in [0.15, 0.2) is 0 Å². The Morgan fingerprint density at radius 2 is 1.48 bits per heavy atom. The molecule has 0 aromatic heterocycles. The first-order valence-corrected chi connectivity index (χ1v) is 12.7. The summed E-state index contributed by atoms with van der Waals surface area (Å²) in [5.41, 5.74) is 2.54. The third-order valence-electron chi connectivity index (χ3n) is 11.5. The highest BCUT2D eigenvalue weighted by Crippen LogP contribution is 2.75. The lowest BCUT2D eigenvalue weighted by molar-refractivity contribution is -0.197. The first-order chi connectivity index (χ1) is 12.7. The molecule has 4 rings (SSSR count). The molecular weight excluding hydrogens is 324 g/mol. The maximum absolute atomic E-state index is 2.77. The monoisotopic (exact) mass is 372 g/mol. The molecule has 4 saturated carbocycles. The van der Waals surface area contributed by atoms with Gasteiger partial charge in [-0.2, -0.15) is 0 Å². The highest BCUT2D eigenvalue weighted by Gasteiger charge is 2.66. The van der Waals surface area contributed by atoms with Crippen molar-refractivity contribution >= 4 is 0 Å². The van der Waals surface area contributed by atoms with E-state index in [0.29, 0.717) is 21.7 Å². The Bertz CT molecular complexity index is 548. The SMILES string of the molecule is CC(C)CCCC1CCC2[C@]3(C)CCC4(C)CCCC[C@]4(C)C3CC[C@]12C. The van der Waals surface area contributed by atoms with Crippen LogP contribution in [-0.2, 0) is 0 Å². The summed E-state index contributed by atoms with van der Waals surface area (Å²) in [4.78, 5) is 0. The fourth-order valence-electron chi connectivity index (χ4n) is 9.59. The van der Waals surface area contributed by atoms with Crippen LogP contribution in [0.15, 0.2) is 0 Å². The second-order valence-corrected chi connectivity index (χ2v) is 12.9. The van der Waals surface area contributed by atoms with Crippen molar-refractivity contribution in [2.75, 3.05) is 0 Å². The summed E-state index contributed by atoms with van der Waals surface area (Å²) in [6.07, 6.45) is 19.6. The third kappa shape index (κ3) is 2.89. The normalized spacial score (nSPS) is 52.3. The van der Waals surface area contributed by atoms with Gasteiger partial charge in [0.05, 0.1) is 0 Å². The van der Waals surface area contributed by atoms with Gasteiger partial charge in [-0.1, -0.05) is 67.2 Å². The predicted molar refractivity (Wildman–Crippen MR) is 118 cm³/mol. The van der Waals surface area contributed by atoms with Gasteiger partial charge in [-0.05, 0) is 103 Å². The molecule has 0 spiro atoms. The minimum Gasteiger partial charge on any atom is -0.0628 e. The predicted octanol–water partition coefficient (Wildman–Crippen LogP) is 8.64. The van der Waals surface area contributed by atoms with Gasteiger partial charge in [-0.15, -0.1) is 0 Å². The van der Waals surface area contributed by atoms with Crippen molar-refractivity contribution in [1.82, 2.24) is 0 Å². The van der Waals surface area contributed by atoms with Crippen molar-refractivity contribution in [1.29, 1.82) is 0 Å². The molecule has 0 bridgehead atoms. The molecule has 7 atom stereocenters. The minimum atomic E-state index is 0.620. The van der Waals surface area contributed by atoms with E-state index in [1.165, 1.54) is 77.0 Å². The van der Waals surface area contributed by atoms with E-state index in [-0.39, 0.29) is 0 Å². The van der Waals surface area contributed by atoms with Crippen molar-refractivity contribution in [3.05, 3.63) is 0 Å². The zero-order valence-corrected chi connectivity index (χ0v) is 19.5. The highest BCUT2D eigenvalue weighted by atomic mass is 14.7. The number of hydrogen-bond acceptors (Lipinski definition) is 0. The molecule has 4 fully saturated rings. The fraction of sp³-hybridized carbons (Fsp3) is 1.00. The molecule has 0 heterocycles. The van der Waals surface area contributed by atoms with E-state index in [2.05, 4.69) is 41.5 Å². The molecule has 156 valence electrons. The molecule has 4 aliphatic carbocycles. The van der Waals surface area contributed by atoms with Crippen LogP contribution in [0.25, 0.3) is 0 Å². The molecule has 0 heteroatoms. The lowest BCUT2D eigenvalue weighted by atomic mass is 9.36. The van der Waals surface area contributed by atoms with Crippen molar-refractivity contribution in [2.24, 2.45) is 45.3 Å². The Labute approximate surface area is 170 Å². The number of rotatable bonds is 4. The first kappa shape index (κ1) is 20.3. The van der Waals surface area contributed by atoms with Crippen LogP contribution < -0.4 is 0 Å². The second-order valence-electron chi connectivity index (χ2n) is 12.9. The molecule has 0 aromatic rings. The van der Waals surface area contributed by atoms with E-state index >= 15 is 0 Å². The van der Waals surface area contributed by atoms with E-state index < -0.39 is 0 Å². The van der Waals surface area contributed by atoms with Crippen LogP contribution >= 0.6 is 0 Å². The van der Waals surface area contributed by atoms with Gasteiger partial charge in [0.2, 0.25) is 0 Å². The van der Waals surface area contributed by atoms with Crippen molar-refractivity contribution in [2.45, 2.75) is 125 Å². The molecule has 0 saturated heterocycles. The van der Waals surface area contributed by atoms with Crippen LogP contribution in [0.3, 0.4) is 0 Å². The molecule has 4 unspecified atom stereocenters. The Morgan fingerprint density at radius 3 is 2.22 bits per heavy atom. The Hall–Kier alpha value is 0. The Kier molecular flexibility index (Phi) is 5.08. The minimum absolute atomic E-state index is 0.620. The van der Waals surface area contributed by atoms with Crippen molar-refractivity contribution in [3.8, 4) is 0 Å². The number of fused-ring (bicyclic) bond motifs is 5. The topological polar surface area (TPSA) is 0 Å². The summed E-state index contributed by atoms with van der Waals surface area (Å²) in [6, 6.07) is 0. The maximum Gasteiger partial charge on any atom is -0.0238 e. The van der Waals surface area contributed by atoms with E-state index in [1.54, 1.807) is 6.42 Å². The third-order valence-corrected chi connectivity index (χ3v) is 11.5. The van der Waals surface area contributed by atoms with Gasteiger partial charge in [0.1, 0.15) is 0 Å². The molecule has 0 radical (unpaired) electrons. The van der Waals surface area contributed by atoms with Crippen LogP contribution in [0.1, 0.15) is 125 Å². The highest BCUT2D eigenvalue weighted by molar-refractivity contribution is 5.15. The molecule has 0 aliphatic heterocycles. The van der Waals surface area contributed by atoms with Gasteiger partial charge in [-0.25, -0.2) is 0 Å². The molecule has 4 aliphatic rings. The average molecular weight is 373 g/mol. The van der Waals surface area contributed by atoms with Crippen LogP contribution in [0.2, 0.25) is 0 Å². The zero-order chi connectivity index (χ0) is 19.5.